The van der Waals surface area contributed by atoms with Crippen molar-refractivity contribution in [2.75, 3.05) is 31.1 Å². The maximum atomic E-state index is 12.5. The zero-order valence-corrected chi connectivity index (χ0v) is 17.0. The third kappa shape index (κ3) is 4.82. The lowest BCUT2D eigenvalue weighted by molar-refractivity contribution is 0.194. The van der Waals surface area contributed by atoms with Crippen LogP contribution in [-0.4, -0.2) is 37.1 Å². The number of aryl methyl sites for hydroxylation is 1. The maximum absolute atomic E-state index is 12.5. The van der Waals surface area contributed by atoms with Crippen LogP contribution in [0.25, 0.3) is 0 Å². The fourth-order valence-electron chi connectivity index (χ4n) is 3.43. The summed E-state index contributed by atoms with van der Waals surface area (Å²) < 4.78 is 0. The van der Waals surface area contributed by atoms with Gasteiger partial charge in [-0.1, -0.05) is 57.2 Å². The topological polar surface area (TPSA) is 35.6 Å². The first-order valence-corrected chi connectivity index (χ1v) is 9.77. The molecule has 1 saturated heterocycles. The minimum atomic E-state index is 0.0287. The highest BCUT2D eigenvalue weighted by Crippen LogP contribution is 2.25. The molecule has 1 fully saturated rings. The van der Waals surface area contributed by atoms with E-state index in [-0.39, 0.29) is 11.4 Å². The van der Waals surface area contributed by atoms with Gasteiger partial charge in [-0.15, -0.1) is 0 Å². The fraction of sp³-hybridized carbons (Fsp3) is 0.435. The van der Waals surface area contributed by atoms with E-state index in [9.17, 15) is 4.79 Å². The van der Waals surface area contributed by atoms with E-state index < -0.39 is 0 Å². The van der Waals surface area contributed by atoms with Gasteiger partial charge in [0.25, 0.3) is 0 Å². The number of amides is 2. The second-order valence-electron chi connectivity index (χ2n) is 8.36. The lowest BCUT2D eigenvalue weighted by atomic mass is 9.87. The number of benzene rings is 2. The molecule has 0 saturated carbocycles. The number of nitrogens with zero attached hydrogens (tertiary/aromatic N) is 2. The molecule has 0 radical (unpaired) electrons. The van der Waals surface area contributed by atoms with Crippen LogP contribution in [0.4, 0.5) is 10.5 Å². The summed E-state index contributed by atoms with van der Waals surface area (Å²) in [6.07, 6.45) is 0. The first-order chi connectivity index (χ1) is 12.8. The molecule has 0 atom stereocenters. The molecule has 4 nitrogen and oxygen atoms in total. The van der Waals surface area contributed by atoms with Crippen molar-refractivity contribution >= 4 is 11.7 Å². The molecule has 2 amide bonds. The molecule has 0 unspecified atom stereocenters. The number of hydrogen-bond acceptors (Lipinski definition) is 2. The SMILES string of the molecule is Cc1ccccc1CNC(=O)N1CCN(c2ccc(C(C)(C)C)cc2)CC1. The standard InChI is InChI=1S/C23H31N3O/c1-18-7-5-6-8-19(18)17-24-22(27)26-15-13-25(14-16-26)21-11-9-20(10-12-21)23(2,3)4/h5-12H,13-17H2,1-4H3,(H,24,27). The van der Waals surface area contributed by atoms with Crippen molar-refractivity contribution in [1.29, 1.82) is 0 Å². The van der Waals surface area contributed by atoms with Gasteiger partial charge in [0.05, 0.1) is 0 Å². The number of carbonyl (C=O) groups is 1. The Morgan fingerprint density at radius 1 is 0.963 bits per heavy atom. The summed E-state index contributed by atoms with van der Waals surface area (Å²) in [7, 11) is 0. The van der Waals surface area contributed by atoms with Crippen molar-refractivity contribution in [2.45, 2.75) is 39.7 Å². The molecule has 1 N–H and O–H groups in total. The van der Waals surface area contributed by atoms with Crippen molar-refractivity contribution in [3.05, 3.63) is 65.2 Å². The van der Waals surface area contributed by atoms with Gasteiger partial charge in [-0.2, -0.15) is 0 Å². The van der Waals surface area contributed by atoms with Crippen LogP contribution in [0.15, 0.2) is 48.5 Å². The van der Waals surface area contributed by atoms with Crippen molar-refractivity contribution in [3.63, 3.8) is 0 Å². The van der Waals surface area contributed by atoms with Gasteiger partial charge in [-0.05, 0) is 41.2 Å². The number of urea groups is 1. The van der Waals surface area contributed by atoms with Crippen LogP contribution in [0.1, 0.15) is 37.5 Å². The van der Waals surface area contributed by atoms with Gasteiger partial charge in [-0.25, -0.2) is 4.79 Å². The Morgan fingerprint density at radius 2 is 1.59 bits per heavy atom. The van der Waals surface area contributed by atoms with E-state index in [4.69, 9.17) is 0 Å². The zero-order valence-electron chi connectivity index (χ0n) is 17.0. The summed E-state index contributed by atoms with van der Waals surface area (Å²) in [6, 6.07) is 17.0. The number of nitrogens with one attached hydrogen (secondary N) is 1. The third-order valence-electron chi connectivity index (χ3n) is 5.36. The van der Waals surface area contributed by atoms with Gasteiger partial charge in [0, 0.05) is 38.4 Å². The van der Waals surface area contributed by atoms with Crippen LogP contribution in [0.3, 0.4) is 0 Å². The Morgan fingerprint density at radius 3 is 2.19 bits per heavy atom. The second kappa shape index (κ2) is 8.03. The first-order valence-electron chi connectivity index (χ1n) is 9.77. The van der Waals surface area contributed by atoms with Crippen molar-refractivity contribution in [2.24, 2.45) is 0 Å². The molecule has 2 aromatic carbocycles. The molecule has 1 aliphatic rings. The monoisotopic (exact) mass is 365 g/mol. The largest absolute Gasteiger partial charge is 0.368 e. The van der Waals surface area contributed by atoms with E-state index >= 15 is 0 Å². The average Bonchev–Trinajstić information content (AvgIpc) is 2.67. The minimum absolute atomic E-state index is 0.0287. The highest BCUT2D eigenvalue weighted by molar-refractivity contribution is 5.74. The predicted molar refractivity (Wildman–Crippen MR) is 112 cm³/mol. The molecule has 0 aromatic heterocycles. The highest BCUT2D eigenvalue weighted by atomic mass is 16.2. The first kappa shape index (κ1) is 19.3. The molecule has 2 aromatic rings. The molecule has 0 bridgehead atoms. The van der Waals surface area contributed by atoms with Crippen LogP contribution >= 0.6 is 0 Å². The second-order valence-corrected chi connectivity index (χ2v) is 8.36. The Balaban J connectivity index is 1.51. The normalized spacial score (nSPS) is 15.0. The van der Waals surface area contributed by atoms with Gasteiger partial charge < -0.3 is 15.1 Å². The number of anilines is 1. The Labute approximate surface area is 163 Å². The van der Waals surface area contributed by atoms with Crippen molar-refractivity contribution in [1.82, 2.24) is 10.2 Å². The number of hydrogen-bond donors (Lipinski definition) is 1. The maximum Gasteiger partial charge on any atom is 0.317 e. The van der Waals surface area contributed by atoms with E-state index in [1.807, 2.05) is 17.0 Å². The summed E-state index contributed by atoms with van der Waals surface area (Å²) >= 11 is 0. The Bertz CT molecular complexity index is 769. The molecule has 27 heavy (non-hydrogen) atoms. The lowest BCUT2D eigenvalue weighted by Gasteiger charge is -2.36. The summed E-state index contributed by atoms with van der Waals surface area (Å²) in [5.74, 6) is 0. The van der Waals surface area contributed by atoms with Crippen LogP contribution in [0, 0.1) is 6.92 Å². The van der Waals surface area contributed by atoms with E-state index in [1.165, 1.54) is 22.4 Å². The number of rotatable bonds is 3. The molecule has 3 rings (SSSR count). The molecule has 1 aliphatic heterocycles. The lowest BCUT2D eigenvalue weighted by Crippen LogP contribution is -2.51. The van der Waals surface area contributed by atoms with E-state index in [1.54, 1.807) is 0 Å². The molecule has 4 heteroatoms. The van der Waals surface area contributed by atoms with E-state index in [0.29, 0.717) is 6.54 Å². The van der Waals surface area contributed by atoms with Crippen LogP contribution in [0.5, 0.6) is 0 Å². The average molecular weight is 366 g/mol. The summed E-state index contributed by atoms with van der Waals surface area (Å²) in [5, 5.41) is 3.06. The van der Waals surface area contributed by atoms with Crippen molar-refractivity contribution < 1.29 is 4.79 Å². The Kier molecular flexibility index (Phi) is 5.73. The summed E-state index contributed by atoms with van der Waals surface area (Å²) in [4.78, 5) is 16.8. The van der Waals surface area contributed by atoms with Gasteiger partial charge in [-0.3, -0.25) is 0 Å². The zero-order chi connectivity index (χ0) is 19.4. The summed E-state index contributed by atoms with van der Waals surface area (Å²) in [5.41, 5.74) is 5.14. The molecule has 144 valence electrons. The fourth-order valence-corrected chi connectivity index (χ4v) is 3.43. The molecular weight excluding hydrogens is 334 g/mol. The van der Waals surface area contributed by atoms with Gasteiger partial charge >= 0.3 is 6.03 Å². The smallest absolute Gasteiger partial charge is 0.317 e. The molecule has 0 aliphatic carbocycles. The van der Waals surface area contributed by atoms with Crippen LogP contribution < -0.4 is 10.2 Å². The van der Waals surface area contributed by atoms with E-state index in [2.05, 4.69) is 74.3 Å². The Hall–Kier alpha value is -2.49. The minimum Gasteiger partial charge on any atom is -0.368 e. The van der Waals surface area contributed by atoms with Gasteiger partial charge in [0.1, 0.15) is 0 Å². The molecule has 0 spiro atoms. The van der Waals surface area contributed by atoms with E-state index in [0.717, 1.165) is 26.2 Å². The molecule has 1 heterocycles. The van der Waals surface area contributed by atoms with Crippen LogP contribution in [-0.2, 0) is 12.0 Å². The van der Waals surface area contributed by atoms with Crippen molar-refractivity contribution in [3.8, 4) is 0 Å². The number of carbonyl (C=O) groups excluding carboxylic acids is 1. The van der Waals surface area contributed by atoms with Gasteiger partial charge in [0.2, 0.25) is 0 Å². The highest BCUT2D eigenvalue weighted by Gasteiger charge is 2.21. The van der Waals surface area contributed by atoms with Crippen LogP contribution in [0.2, 0.25) is 0 Å². The summed E-state index contributed by atoms with van der Waals surface area (Å²) in [6.45, 7) is 12.6. The van der Waals surface area contributed by atoms with Gasteiger partial charge in [0.15, 0.2) is 0 Å². The quantitative estimate of drug-likeness (QED) is 0.879. The third-order valence-corrected chi connectivity index (χ3v) is 5.36. The predicted octanol–water partition coefficient (Wildman–Crippen LogP) is 4.32. The molecular formula is C23H31N3O. The number of piperazine rings is 1.